The number of amides is 1. The summed E-state index contributed by atoms with van der Waals surface area (Å²) in [6.45, 7) is 0.702. The lowest BCUT2D eigenvalue weighted by atomic mass is 9.88. The normalized spacial score (nSPS) is 22.3. The number of benzene rings is 1. The predicted molar refractivity (Wildman–Crippen MR) is 131 cm³/mol. The summed E-state index contributed by atoms with van der Waals surface area (Å²) in [7, 11) is -3.37. The molecule has 3 aliphatic rings. The molecule has 0 atom stereocenters. The number of aliphatic imine (C=N–C) groups is 1. The highest BCUT2D eigenvalue weighted by Gasteiger charge is 2.48. The van der Waals surface area contributed by atoms with Crippen molar-refractivity contribution in [3.63, 3.8) is 0 Å². The van der Waals surface area contributed by atoms with Crippen LogP contribution in [0.15, 0.2) is 41.5 Å². The molecular formula is C25H32N4O3S. The van der Waals surface area contributed by atoms with Gasteiger partial charge in [-0.2, -0.15) is 0 Å². The number of hydrogen-bond acceptors (Lipinski definition) is 4. The molecule has 1 aromatic heterocycles. The van der Waals surface area contributed by atoms with Crippen LogP contribution in [-0.2, 0) is 14.8 Å². The molecule has 2 fully saturated rings. The van der Waals surface area contributed by atoms with Gasteiger partial charge >= 0.3 is 0 Å². The van der Waals surface area contributed by atoms with Crippen LogP contribution in [0.5, 0.6) is 0 Å². The Balaban J connectivity index is 1.17. The van der Waals surface area contributed by atoms with Gasteiger partial charge in [0.2, 0.25) is 10.0 Å². The second kappa shape index (κ2) is 9.06. The first-order chi connectivity index (χ1) is 16.0. The molecule has 33 heavy (non-hydrogen) atoms. The number of carbonyl (C=O) groups is 1. The third kappa shape index (κ3) is 4.51. The Bertz CT molecular complexity index is 1180. The number of aromatic nitrogens is 1. The summed E-state index contributed by atoms with van der Waals surface area (Å²) in [6, 6.07) is 8.06. The number of nitrogens with zero attached hydrogens (tertiary/aromatic N) is 2. The minimum Gasteiger partial charge on any atom is -0.361 e. The minimum absolute atomic E-state index is 0.0398. The number of H-pyrrole nitrogens is 1. The van der Waals surface area contributed by atoms with E-state index in [1.165, 1.54) is 19.3 Å². The number of amidine groups is 1. The molecule has 0 unspecified atom stereocenters. The fourth-order valence-electron chi connectivity index (χ4n) is 5.40. The van der Waals surface area contributed by atoms with E-state index in [4.69, 9.17) is 4.99 Å². The number of nitrogens with one attached hydrogen (secondary N) is 2. The average molecular weight is 469 g/mol. The van der Waals surface area contributed by atoms with E-state index in [2.05, 4.69) is 10.3 Å². The number of hydrogen-bond donors (Lipinski definition) is 2. The van der Waals surface area contributed by atoms with E-state index in [0.29, 0.717) is 38.3 Å². The van der Waals surface area contributed by atoms with Crippen LogP contribution >= 0.6 is 0 Å². The Labute approximate surface area is 195 Å². The molecule has 1 aromatic carbocycles. The number of sulfonamides is 1. The number of piperidine rings is 1. The van der Waals surface area contributed by atoms with Crippen LogP contribution in [0, 0.1) is 5.92 Å². The Morgan fingerprint density at radius 2 is 1.91 bits per heavy atom. The maximum Gasteiger partial charge on any atom is 0.253 e. The first kappa shape index (κ1) is 22.3. The van der Waals surface area contributed by atoms with Gasteiger partial charge in [-0.15, -0.1) is 0 Å². The Hall–Kier alpha value is -2.45. The zero-order chi connectivity index (χ0) is 22.9. The molecule has 176 valence electrons. The summed E-state index contributed by atoms with van der Waals surface area (Å²) in [4.78, 5) is 20.8. The smallest absolute Gasteiger partial charge is 0.253 e. The van der Waals surface area contributed by atoms with Gasteiger partial charge in [0.25, 0.3) is 5.91 Å². The van der Waals surface area contributed by atoms with Gasteiger partial charge in [-0.25, -0.2) is 12.7 Å². The standard InChI is InChI=1S/C25H32N4O3S/c30-24-25(28-23(27-24)20-8-2-1-3-9-20)13-16-29(17-14-25)33(31,32)18-5-4-7-19-10-6-11-22-21(19)12-15-26-22/h4,6-7,10-12,15,20,26H,1-3,5,8-9,13-14,16-18H2,(H,27,28,30). The molecule has 7 nitrogen and oxygen atoms in total. The molecule has 0 radical (unpaired) electrons. The van der Waals surface area contributed by atoms with Gasteiger partial charge < -0.3 is 10.3 Å². The predicted octanol–water partition coefficient (Wildman–Crippen LogP) is 3.84. The van der Waals surface area contributed by atoms with Crippen molar-refractivity contribution < 1.29 is 13.2 Å². The lowest BCUT2D eigenvalue weighted by Crippen LogP contribution is -2.50. The quantitative estimate of drug-likeness (QED) is 0.674. The third-order valence-electron chi connectivity index (χ3n) is 7.40. The van der Waals surface area contributed by atoms with Crippen molar-refractivity contribution in [2.24, 2.45) is 10.9 Å². The highest BCUT2D eigenvalue weighted by Crippen LogP contribution is 2.34. The van der Waals surface area contributed by atoms with Gasteiger partial charge in [-0.3, -0.25) is 9.79 Å². The van der Waals surface area contributed by atoms with Gasteiger partial charge in [0, 0.05) is 36.1 Å². The molecule has 5 rings (SSSR count). The number of aromatic amines is 1. The molecule has 2 aliphatic heterocycles. The molecule has 1 amide bonds. The van der Waals surface area contributed by atoms with E-state index in [0.717, 1.165) is 35.1 Å². The largest absolute Gasteiger partial charge is 0.361 e. The molecule has 8 heteroatoms. The van der Waals surface area contributed by atoms with E-state index in [1.807, 2.05) is 42.6 Å². The van der Waals surface area contributed by atoms with Crippen LogP contribution in [0.1, 0.15) is 56.9 Å². The summed E-state index contributed by atoms with van der Waals surface area (Å²) >= 11 is 0. The zero-order valence-electron chi connectivity index (χ0n) is 18.9. The molecule has 1 aliphatic carbocycles. The van der Waals surface area contributed by atoms with E-state index in [9.17, 15) is 13.2 Å². The highest BCUT2D eigenvalue weighted by atomic mass is 32.2. The number of rotatable bonds is 6. The topological polar surface area (TPSA) is 94.6 Å². The van der Waals surface area contributed by atoms with Gasteiger partial charge in [0.05, 0.1) is 5.75 Å². The lowest BCUT2D eigenvalue weighted by molar-refractivity contribution is -0.125. The fourth-order valence-corrected chi connectivity index (χ4v) is 6.83. The van der Waals surface area contributed by atoms with E-state index in [-0.39, 0.29) is 11.7 Å². The van der Waals surface area contributed by atoms with Gasteiger partial charge in [-0.05, 0) is 49.8 Å². The van der Waals surface area contributed by atoms with Crippen molar-refractivity contribution in [1.29, 1.82) is 0 Å². The summed E-state index contributed by atoms with van der Waals surface area (Å²) in [5.41, 5.74) is 1.37. The monoisotopic (exact) mass is 468 g/mol. The van der Waals surface area contributed by atoms with Crippen LogP contribution in [0.4, 0.5) is 0 Å². The second-order valence-corrected chi connectivity index (χ2v) is 11.6. The van der Waals surface area contributed by atoms with Gasteiger partial charge in [0.1, 0.15) is 11.4 Å². The van der Waals surface area contributed by atoms with Gasteiger partial charge in [-0.1, -0.05) is 43.5 Å². The number of carbonyl (C=O) groups excluding carboxylic acids is 1. The van der Waals surface area contributed by atoms with E-state index in [1.54, 1.807) is 4.31 Å². The average Bonchev–Trinajstić information content (AvgIpc) is 3.43. The van der Waals surface area contributed by atoms with E-state index < -0.39 is 15.6 Å². The van der Waals surface area contributed by atoms with Crippen LogP contribution in [0.3, 0.4) is 0 Å². The summed E-state index contributed by atoms with van der Waals surface area (Å²) in [5.74, 6) is 1.23. The maximum absolute atomic E-state index is 12.9. The molecule has 1 saturated carbocycles. The van der Waals surface area contributed by atoms with Crippen LogP contribution in [0.25, 0.3) is 17.0 Å². The van der Waals surface area contributed by atoms with Crippen LogP contribution in [0.2, 0.25) is 0 Å². The second-order valence-electron chi connectivity index (χ2n) is 9.51. The zero-order valence-corrected chi connectivity index (χ0v) is 19.7. The first-order valence-corrected chi connectivity index (χ1v) is 13.7. The third-order valence-corrected chi connectivity index (χ3v) is 9.31. The molecule has 0 bridgehead atoms. The number of allylic oxidation sites excluding steroid dienone is 1. The van der Waals surface area contributed by atoms with Crippen LogP contribution < -0.4 is 5.32 Å². The first-order valence-electron chi connectivity index (χ1n) is 12.1. The molecule has 2 aromatic rings. The minimum atomic E-state index is -3.37. The fraction of sp³-hybridized carbons (Fsp3) is 0.520. The van der Waals surface area contributed by atoms with Crippen molar-refractivity contribution in [3.8, 4) is 0 Å². The van der Waals surface area contributed by atoms with Gasteiger partial charge in [0.15, 0.2) is 0 Å². The van der Waals surface area contributed by atoms with Crippen molar-refractivity contribution in [3.05, 3.63) is 42.1 Å². The number of fused-ring (bicyclic) bond motifs is 1. The van der Waals surface area contributed by atoms with Crippen molar-refractivity contribution in [1.82, 2.24) is 14.6 Å². The van der Waals surface area contributed by atoms with Crippen molar-refractivity contribution in [2.75, 3.05) is 18.8 Å². The van der Waals surface area contributed by atoms with Crippen molar-refractivity contribution in [2.45, 2.75) is 56.9 Å². The summed E-state index contributed by atoms with van der Waals surface area (Å²) in [5, 5.41) is 4.16. The van der Waals surface area contributed by atoms with Crippen molar-refractivity contribution >= 4 is 38.7 Å². The molecule has 3 heterocycles. The Morgan fingerprint density at radius 1 is 1.12 bits per heavy atom. The molecule has 2 N–H and O–H groups in total. The van der Waals surface area contributed by atoms with Crippen LogP contribution in [-0.4, -0.2) is 53.8 Å². The maximum atomic E-state index is 12.9. The SMILES string of the molecule is O=C1NC(C2CCCCC2)=NC12CCN(S(=O)(=O)CCC=Cc1cccc3[nH]ccc13)CC2. The summed E-state index contributed by atoms with van der Waals surface area (Å²) < 4.78 is 27.4. The summed E-state index contributed by atoms with van der Waals surface area (Å²) in [6.07, 6.45) is 13.0. The van der Waals surface area contributed by atoms with E-state index >= 15 is 0 Å². The Kier molecular flexibility index (Phi) is 6.14. The Morgan fingerprint density at radius 3 is 2.70 bits per heavy atom. The lowest BCUT2D eigenvalue weighted by Gasteiger charge is -2.34. The molecule has 1 saturated heterocycles. The molecule has 1 spiro atoms. The highest BCUT2D eigenvalue weighted by molar-refractivity contribution is 7.89. The molecular weight excluding hydrogens is 436 g/mol.